The van der Waals surface area contributed by atoms with Gasteiger partial charge in [0.15, 0.2) is 9.65 Å². The van der Waals surface area contributed by atoms with E-state index in [2.05, 4.69) is 72.9 Å². The van der Waals surface area contributed by atoms with E-state index in [0.717, 1.165) is 56.7 Å². The number of fused-ring (bicyclic) bond motifs is 1. The summed E-state index contributed by atoms with van der Waals surface area (Å²) in [4.78, 5) is 11.0. The van der Waals surface area contributed by atoms with E-state index >= 15 is 0 Å². The van der Waals surface area contributed by atoms with Gasteiger partial charge in [-0.05, 0) is 48.4 Å². The Hall–Kier alpha value is -0.670. The van der Waals surface area contributed by atoms with Crippen LogP contribution in [-0.2, 0) is 10.3 Å². The maximum atomic E-state index is 7.93. The van der Waals surface area contributed by atoms with Gasteiger partial charge in [0, 0.05) is 42.0 Å². The highest BCUT2D eigenvalue weighted by Crippen LogP contribution is 2.45. The quantitative estimate of drug-likeness (QED) is 0.412. The fourth-order valence-electron chi connectivity index (χ4n) is 3.97. The zero-order valence-electron chi connectivity index (χ0n) is 14.0. The van der Waals surface area contributed by atoms with Crippen molar-refractivity contribution in [1.82, 2.24) is 14.6 Å². The molecule has 6 nitrogen and oxygen atoms in total. The van der Waals surface area contributed by atoms with Gasteiger partial charge in [-0.15, -0.1) is 5.10 Å². The summed E-state index contributed by atoms with van der Waals surface area (Å²) in [5, 5.41) is 4.88. The predicted molar refractivity (Wildman–Crippen MR) is 113 cm³/mol. The second-order valence-corrected chi connectivity index (χ2v) is 8.80. The molecule has 25 heavy (non-hydrogen) atoms. The van der Waals surface area contributed by atoms with Crippen molar-refractivity contribution in [1.29, 1.82) is 0 Å². The number of hydrogen-bond acceptors (Lipinski definition) is 4. The molecule has 0 unspecified atom stereocenters. The Labute approximate surface area is 174 Å². The van der Waals surface area contributed by atoms with Gasteiger partial charge in [-0.1, -0.05) is 0 Å². The van der Waals surface area contributed by atoms with E-state index in [4.69, 9.17) is 16.4 Å². The molecule has 2 aliphatic rings. The highest BCUT2D eigenvalue weighted by atomic mass is 127. The van der Waals surface area contributed by atoms with Crippen LogP contribution in [0.1, 0.15) is 38.2 Å². The van der Waals surface area contributed by atoms with E-state index in [-0.39, 0.29) is 6.04 Å². The Morgan fingerprint density at radius 2 is 2.12 bits per heavy atom. The van der Waals surface area contributed by atoms with Gasteiger partial charge in [0.25, 0.3) is 5.54 Å². The molecule has 1 saturated carbocycles. The molecule has 2 aromatic heterocycles. The van der Waals surface area contributed by atoms with Crippen molar-refractivity contribution < 1.29 is 4.74 Å². The Kier molecular flexibility index (Phi) is 4.83. The van der Waals surface area contributed by atoms with E-state index in [1.807, 2.05) is 4.52 Å². The minimum absolute atomic E-state index is 0.277. The van der Waals surface area contributed by atoms with Crippen LogP contribution in [0.4, 0.5) is 5.82 Å². The molecule has 0 radical (unpaired) electrons. The summed E-state index contributed by atoms with van der Waals surface area (Å²) in [6, 6.07) is 2.43. The lowest BCUT2D eigenvalue weighted by atomic mass is 9.89. The zero-order valence-corrected chi connectivity index (χ0v) is 18.3. The third-order valence-corrected chi connectivity index (χ3v) is 6.76. The van der Waals surface area contributed by atoms with Gasteiger partial charge in [-0.25, -0.2) is 16.1 Å². The number of morpholine rings is 1. The van der Waals surface area contributed by atoms with Crippen LogP contribution >= 0.6 is 45.2 Å². The summed E-state index contributed by atoms with van der Waals surface area (Å²) < 4.78 is 9.29. The lowest BCUT2D eigenvalue weighted by Gasteiger charge is -2.34. The fourth-order valence-corrected chi connectivity index (χ4v) is 5.77. The molecule has 2 fully saturated rings. The summed E-state index contributed by atoms with van der Waals surface area (Å²) in [5.41, 5.74) is 1.67. The van der Waals surface area contributed by atoms with Gasteiger partial charge in [-0.2, -0.15) is 0 Å². The molecule has 1 saturated heterocycles. The topological polar surface area (TPSA) is 47.0 Å². The minimum Gasteiger partial charge on any atom is -0.377 e. The van der Waals surface area contributed by atoms with Crippen LogP contribution in [0.3, 0.4) is 0 Å². The summed E-state index contributed by atoms with van der Waals surface area (Å²) in [7, 11) is 0. The van der Waals surface area contributed by atoms with Gasteiger partial charge in [0.1, 0.15) is 9.22 Å². The molecule has 4 rings (SSSR count). The molecule has 0 N–H and O–H groups in total. The van der Waals surface area contributed by atoms with Crippen LogP contribution in [0.2, 0.25) is 0 Å². The lowest BCUT2D eigenvalue weighted by molar-refractivity contribution is 0.0984. The molecule has 1 atom stereocenters. The second kappa shape index (κ2) is 6.81. The van der Waals surface area contributed by atoms with E-state index in [0.29, 0.717) is 13.2 Å². The van der Waals surface area contributed by atoms with Gasteiger partial charge < -0.3 is 14.5 Å². The SMILES string of the molecule is [C-]#[N+]C1(c2cc(N3CCOC[C@H]3C)nn3c(I)nc(I)c23)CCCC1. The molecular formula is C17H19I2N5O. The molecule has 132 valence electrons. The Bertz CT molecular complexity index is 853. The normalized spacial score (nSPS) is 23.1. The molecule has 0 aromatic carbocycles. The second-order valence-electron chi connectivity index (χ2n) is 6.82. The van der Waals surface area contributed by atoms with E-state index in [1.165, 1.54) is 0 Å². The van der Waals surface area contributed by atoms with Crippen LogP contribution in [-0.4, -0.2) is 40.4 Å². The monoisotopic (exact) mass is 563 g/mol. The van der Waals surface area contributed by atoms with Crippen molar-refractivity contribution in [3.63, 3.8) is 0 Å². The smallest absolute Gasteiger partial charge is 0.259 e. The molecule has 0 bridgehead atoms. The van der Waals surface area contributed by atoms with Gasteiger partial charge in [-0.3, -0.25) is 0 Å². The highest BCUT2D eigenvalue weighted by molar-refractivity contribution is 14.1. The Balaban J connectivity index is 1.95. The number of aromatic nitrogens is 3. The molecule has 8 heteroatoms. The summed E-state index contributed by atoms with van der Waals surface area (Å²) >= 11 is 4.50. The number of rotatable bonds is 2. The zero-order chi connectivity index (χ0) is 17.6. The van der Waals surface area contributed by atoms with Crippen molar-refractivity contribution in [2.45, 2.75) is 44.2 Å². The maximum absolute atomic E-state index is 7.93. The third-order valence-electron chi connectivity index (χ3n) is 5.31. The van der Waals surface area contributed by atoms with Crippen molar-refractivity contribution in [3.8, 4) is 0 Å². The largest absolute Gasteiger partial charge is 0.377 e. The number of ether oxygens (including phenoxy) is 1. The predicted octanol–water partition coefficient (Wildman–Crippen LogP) is 3.85. The van der Waals surface area contributed by atoms with Crippen molar-refractivity contribution in [2.24, 2.45) is 0 Å². The minimum atomic E-state index is -0.433. The average Bonchev–Trinajstić information content (AvgIpc) is 3.21. The first kappa shape index (κ1) is 17.7. The molecule has 1 aliphatic heterocycles. The molecule has 0 spiro atoms. The molecular weight excluding hydrogens is 544 g/mol. The Morgan fingerprint density at radius 1 is 1.36 bits per heavy atom. The first-order valence-corrected chi connectivity index (χ1v) is 10.7. The van der Waals surface area contributed by atoms with Crippen molar-refractivity contribution >= 4 is 56.5 Å². The van der Waals surface area contributed by atoms with Crippen molar-refractivity contribution in [3.05, 3.63) is 30.6 Å². The maximum Gasteiger partial charge on any atom is 0.259 e. The van der Waals surface area contributed by atoms with Crippen molar-refractivity contribution in [2.75, 3.05) is 24.7 Å². The fraction of sp³-hybridized carbons (Fsp3) is 0.588. The van der Waals surface area contributed by atoms with E-state index in [9.17, 15) is 0 Å². The van der Waals surface area contributed by atoms with Gasteiger partial charge in [0.2, 0.25) is 0 Å². The lowest BCUT2D eigenvalue weighted by Crippen LogP contribution is -2.44. The van der Waals surface area contributed by atoms with Crippen LogP contribution in [0.5, 0.6) is 0 Å². The summed E-state index contributed by atoms with van der Waals surface area (Å²) in [6.07, 6.45) is 4.07. The summed E-state index contributed by atoms with van der Waals surface area (Å²) in [6.45, 7) is 12.3. The number of imidazole rings is 1. The molecule has 1 aliphatic carbocycles. The van der Waals surface area contributed by atoms with Gasteiger partial charge in [0.05, 0.1) is 24.8 Å². The molecule has 2 aromatic rings. The van der Waals surface area contributed by atoms with Crippen LogP contribution < -0.4 is 4.90 Å². The number of halogens is 2. The van der Waals surface area contributed by atoms with E-state index in [1.54, 1.807) is 0 Å². The van der Waals surface area contributed by atoms with E-state index < -0.39 is 5.54 Å². The standard InChI is InChI=1S/C17H19I2N5O/c1-11-10-25-8-7-23(11)13-9-12(17(20-2)5-3-4-6-17)14-15(18)21-16(19)24(14)22-13/h9,11H,3-8,10H2,1H3/t11-/m1/s1. The number of hydrogen-bond donors (Lipinski definition) is 0. The Morgan fingerprint density at radius 3 is 2.80 bits per heavy atom. The average molecular weight is 563 g/mol. The number of nitrogens with zero attached hydrogens (tertiary/aromatic N) is 5. The molecule has 3 heterocycles. The van der Waals surface area contributed by atoms with Crippen LogP contribution in [0.25, 0.3) is 10.4 Å². The third kappa shape index (κ3) is 2.92. The van der Waals surface area contributed by atoms with Crippen LogP contribution in [0, 0.1) is 14.1 Å². The number of anilines is 1. The van der Waals surface area contributed by atoms with Crippen LogP contribution in [0.15, 0.2) is 6.07 Å². The van der Waals surface area contributed by atoms with Gasteiger partial charge >= 0.3 is 0 Å². The first-order valence-electron chi connectivity index (χ1n) is 8.54. The molecule has 0 amide bonds. The summed E-state index contributed by atoms with van der Waals surface area (Å²) in [5.74, 6) is 0.931. The highest BCUT2D eigenvalue weighted by Gasteiger charge is 2.45. The first-order chi connectivity index (χ1) is 12.1.